The van der Waals surface area contributed by atoms with Gasteiger partial charge in [0.1, 0.15) is 0 Å². The Balaban J connectivity index is 2.16. The van der Waals surface area contributed by atoms with Gasteiger partial charge in [-0.1, -0.05) is 39.5 Å². The summed E-state index contributed by atoms with van der Waals surface area (Å²) in [5, 5.41) is 5.40. The number of nitrogens with zero attached hydrogens (tertiary/aromatic N) is 2. The second-order valence-corrected chi connectivity index (χ2v) is 6.99. The van der Waals surface area contributed by atoms with Crippen molar-refractivity contribution in [3.8, 4) is 0 Å². The summed E-state index contributed by atoms with van der Waals surface area (Å²) in [6.07, 6.45) is 2.49. The summed E-state index contributed by atoms with van der Waals surface area (Å²) in [4.78, 5) is 7.10. The van der Waals surface area contributed by atoms with Crippen LogP contribution in [-0.4, -0.2) is 47.5 Å². The highest BCUT2D eigenvalue weighted by atomic mass is 32.2. The van der Waals surface area contributed by atoms with E-state index in [1.807, 2.05) is 11.8 Å². The van der Waals surface area contributed by atoms with E-state index in [9.17, 15) is 0 Å². The zero-order valence-electron chi connectivity index (χ0n) is 13.3. The van der Waals surface area contributed by atoms with Crippen molar-refractivity contribution in [1.82, 2.24) is 10.2 Å². The smallest absolute Gasteiger partial charge is 0.157 e. The molecule has 1 N–H and O–H groups in total. The van der Waals surface area contributed by atoms with Gasteiger partial charge < -0.3 is 10.2 Å². The summed E-state index contributed by atoms with van der Waals surface area (Å²) in [5.74, 6) is 0.714. The second-order valence-electron chi connectivity index (χ2n) is 5.76. The van der Waals surface area contributed by atoms with Crippen LogP contribution in [0.5, 0.6) is 0 Å². The molecule has 0 bridgehead atoms. The van der Waals surface area contributed by atoms with E-state index in [2.05, 4.69) is 49.8 Å². The maximum Gasteiger partial charge on any atom is 0.157 e. The van der Waals surface area contributed by atoms with Crippen LogP contribution in [0.1, 0.15) is 47.5 Å². The standard InChI is InChI=1S/C15H31N3S/c1-6-18(7-2)10-8-9-13(5)17-15-16-11-14(19-15)12(3)4/h12-14H,6-11H2,1-5H3,(H,16,17). The molecule has 0 aliphatic carbocycles. The van der Waals surface area contributed by atoms with Crippen molar-refractivity contribution in [2.24, 2.45) is 10.9 Å². The molecule has 0 aromatic carbocycles. The lowest BCUT2D eigenvalue weighted by atomic mass is 10.1. The Morgan fingerprint density at radius 2 is 2.00 bits per heavy atom. The van der Waals surface area contributed by atoms with E-state index in [0.29, 0.717) is 17.2 Å². The number of hydrogen-bond acceptors (Lipinski definition) is 4. The van der Waals surface area contributed by atoms with Gasteiger partial charge in [-0.2, -0.15) is 0 Å². The fourth-order valence-corrected chi connectivity index (χ4v) is 3.39. The molecular weight excluding hydrogens is 254 g/mol. The van der Waals surface area contributed by atoms with Gasteiger partial charge in [0.2, 0.25) is 0 Å². The lowest BCUT2D eigenvalue weighted by Crippen LogP contribution is -2.31. The van der Waals surface area contributed by atoms with Gasteiger partial charge in [0.25, 0.3) is 0 Å². The van der Waals surface area contributed by atoms with E-state index < -0.39 is 0 Å². The molecule has 0 radical (unpaired) electrons. The van der Waals surface area contributed by atoms with Crippen LogP contribution in [0.25, 0.3) is 0 Å². The number of amidine groups is 1. The highest BCUT2D eigenvalue weighted by Crippen LogP contribution is 2.26. The number of nitrogens with one attached hydrogen (secondary N) is 1. The van der Waals surface area contributed by atoms with Gasteiger partial charge in [-0.05, 0) is 45.3 Å². The molecule has 1 rings (SSSR count). The minimum atomic E-state index is 0.535. The van der Waals surface area contributed by atoms with E-state index in [0.717, 1.165) is 24.8 Å². The average Bonchev–Trinajstić information content (AvgIpc) is 2.83. The molecule has 0 saturated heterocycles. The number of thioether (sulfide) groups is 1. The lowest BCUT2D eigenvalue weighted by molar-refractivity contribution is 0.293. The van der Waals surface area contributed by atoms with Gasteiger partial charge in [-0.3, -0.25) is 4.99 Å². The van der Waals surface area contributed by atoms with E-state index in [-0.39, 0.29) is 0 Å². The molecule has 0 spiro atoms. The first-order valence-electron chi connectivity index (χ1n) is 7.76. The van der Waals surface area contributed by atoms with Crippen LogP contribution >= 0.6 is 11.8 Å². The molecule has 112 valence electrons. The van der Waals surface area contributed by atoms with E-state index in [4.69, 9.17) is 0 Å². The predicted molar refractivity (Wildman–Crippen MR) is 88.1 cm³/mol. The maximum atomic E-state index is 4.61. The summed E-state index contributed by atoms with van der Waals surface area (Å²) in [6, 6.07) is 0.535. The first kappa shape index (κ1) is 16.8. The van der Waals surface area contributed by atoms with Crippen molar-refractivity contribution in [2.45, 2.75) is 58.8 Å². The van der Waals surface area contributed by atoms with Crippen molar-refractivity contribution >= 4 is 16.9 Å². The van der Waals surface area contributed by atoms with Crippen molar-refractivity contribution in [3.05, 3.63) is 0 Å². The Kier molecular flexibility index (Phi) is 7.84. The SMILES string of the molecule is CCN(CC)CCCC(C)NC1=NCC(C(C)C)S1. The molecule has 19 heavy (non-hydrogen) atoms. The topological polar surface area (TPSA) is 27.6 Å². The largest absolute Gasteiger partial charge is 0.362 e. The van der Waals surface area contributed by atoms with E-state index in [1.165, 1.54) is 19.4 Å². The lowest BCUT2D eigenvalue weighted by Gasteiger charge is -2.20. The zero-order valence-corrected chi connectivity index (χ0v) is 14.1. The fourth-order valence-electron chi connectivity index (χ4n) is 2.26. The molecule has 0 amide bonds. The van der Waals surface area contributed by atoms with Crippen LogP contribution in [0.15, 0.2) is 4.99 Å². The molecule has 4 heteroatoms. The fraction of sp³-hybridized carbons (Fsp3) is 0.933. The number of hydrogen-bond donors (Lipinski definition) is 1. The Bertz CT molecular complexity index is 275. The van der Waals surface area contributed by atoms with Crippen LogP contribution in [0.3, 0.4) is 0 Å². The monoisotopic (exact) mass is 285 g/mol. The van der Waals surface area contributed by atoms with Crippen molar-refractivity contribution in [3.63, 3.8) is 0 Å². The summed E-state index contributed by atoms with van der Waals surface area (Å²) in [6.45, 7) is 15.8. The summed E-state index contributed by atoms with van der Waals surface area (Å²) < 4.78 is 0. The van der Waals surface area contributed by atoms with Crippen LogP contribution in [0.4, 0.5) is 0 Å². The molecule has 2 unspecified atom stereocenters. The Morgan fingerprint density at radius 3 is 2.53 bits per heavy atom. The van der Waals surface area contributed by atoms with Gasteiger partial charge in [-0.25, -0.2) is 0 Å². The third-order valence-corrected chi connectivity index (χ3v) is 5.26. The molecule has 0 fully saturated rings. The minimum Gasteiger partial charge on any atom is -0.362 e. The van der Waals surface area contributed by atoms with Gasteiger partial charge >= 0.3 is 0 Å². The van der Waals surface area contributed by atoms with Gasteiger partial charge in [0.15, 0.2) is 5.17 Å². The normalized spacial score (nSPS) is 21.0. The van der Waals surface area contributed by atoms with Crippen LogP contribution < -0.4 is 5.32 Å². The third kappa shape index (κ3) is 6.17. The average molecular weight is 286 g/mol. The number of rotatable bonds is 8. The van der Waals surface area contributed by atoms with Crippen molar-refractivity contribution < 1.29 is 0 Å². The number of aliphatic imine (C=N–C) groups is 1. The van der Waals surface area contributed by atoms with E-state index in [1.54, 1.807) is 0 Å². The Labute approximate surface area is 123 Å². The van der Waals surface area contributed by atoms with Crippen LogP contribution in [0.2, 0.25) is 0 Å². The zero-order chi connectivity index (χ0) is 14.3. The molecular formula is C15H31N3S. The summed E-state index contributed by atoms with van der Waals surface area (Å²) >= 11 is 1.92. The van der Waals surface area contributed by atoms with Gasteiger partial charge in [0.05, 0.1) is 6.54 Å². The maximum absolute atomic E-state index is 4.61. The summed E-state index contributed by atoms with van der Waals surface area (Å²) in [5.41, 5.74) is 0. The minimum absolute atomic E-state index is 0.535. The Hall–Kier alpha value is -0.220. The molecule has 0 aromatic rings. The highest BCUT2D eigenvalue weighted by molar-refractivity contribution is 8.14. The molecule has 1 heterocycles. The summed E-state index contributed by atoms with van der Waals surface area (Å²) in [7, 11) is 0. The molecule has 2 atom stereocenters. The van der Waals surface area contributed by atoms with Crippen LogP contribution in [0, 0.1) is 5.92 Å². The quantitative estimate of drug-likeness (QED) is 0.742. The highest BCUT2D eigenvalue weighted by Gasteiger charge is 2.23. The predicted octanol–water partition coefficient (Wildman–Crippen LogP) is 3.21. The second kappa shape index (κ2) is 8.85. The first-order chi connectivity index (χ1) is 9.06. The molecule has 1 aliphatic rings. The van der Waals surface area contributed by atoms with Gasteiger partial charge in [-0.15, -0.1) is 0 Å². The van der Waals surface area contributed by atoms with Crippen molar-refractivity contribution in [2.75, 3.05) is 26.2 Å². The molecule has 3 nitrogen and oxygen atoms in total. The van der Waals surface area contributed by atoms with Crippen molar-refractivity contribution in [1.29, 1.82) is 0 Å². The molecule has 0 aromatic heterocycles. The van der Waals surface area contributed by atoms with Crippen LogP contribution in [-0.2, 0) is 0 Å². The first-order valence-corrected chi connectivity index (χ1v) is 8.64. The third-order valence-electron chi connectivity index (χ3n) is 3.80. The molecule has 1 aliphatic heterocycles. The molecule has 0 saturated carbocycles. The van der Waals surface area contributed by atoms with E-state index >= 15 is 0 Å². The Morgan fingerprint density at radius 1 is 1.32 bits per heavy atom. The van der Waals surface area contributed by atoms with Gasteiger partial charge in [0, 0.05) is 11.3 Å².